The zero-order valence-corrected chi connectivity index (χ0v) is 13.0. The number of amides is 1. The predicted molar refractivity (Wildman–Crippen MR) is 83.5 cm³/mol. The lowest BCUT2D eigenvalue weighted by Gasteiger charge is -2.28. The molecule has 0 aromatic carbocycles. The summed E-state index contributed by atoms with van der Waals surface area (Å²) in [4.78, 5) is 16.0. The third-order valence-electron chi connectivity index (χ3n) is 4.16. The van der Waals surface area contributed by atoms with Crippen LogP contribution < -0.4 is 10.6 Å². The van der Waals surface area contributed by atoms with Gasteiger partial charge in [-0.2, -0.15) is 0 Å². The van der Waals surface area contributed by atoms with Crippen molar-refractivity contribution in [2.75, 3.05) is 39.4 Å². The first-order valence-corrected chi connectivity index (χ1v) is 8.59. The number of hydrogen-bond acceptors (Lipinski definition) is 5. The second kappa shape index (κ2) is 7.35. The van der Waals surface area contributed by atoms with E-state index < -0.39 is 0 Å². The van der Waals surface area contributed by atoms with Gasteiger partial charge in [0.2, 0.25) is 5.91 Å². The molecule has 2 saturated heterocycles. The number of carbonyl (C=O) groups is 1. The molecule has 0 aliphatic carbocycles. The molecule has 2 unspecified atom stereocenters. The van der Waals surface area contributed by atoms with E-state index >= 15 is 0 Å². The van der Waals surface area contributed by atoms with Crippen molar-refractivity contribution in [3.63, 3.8) is 0 Å². The first-order chi connectivity index (χ1) is 10.3. The maximum Gasteiger partial charge on any atom is 0.239 e. The number of hydrogen-bond donors (Lipinski definition) is 2. The number of likely N-dealkylation sites (tertiary alicyclic amines) is 1. The predicted octanol–water partition coefficient (Wildman–Crippen LogP) is 0.990. The van der Waals surface area contributed by atoms with Crippen LogP contribution in [0.3, 0.4) is 0 Å². The summed E-state index contributed by atoms with van der Waals surface area (Å²) in [5, 5.41) is 8.41. The van der Waals surface area contributed by atoms with Gasteiger partial charge < -0.3 is 15.4 Å². The largest absolute Gasteiger partial charge is 0.378 e. The lowest BCUT2D eigenvalue weighted by Crippen LogP contribution is -2.52. The fourth-order valence-corrected chi connectivity index (χ4v) is 3.86. The van der Waals surface area contributed by atoms with Crippen LogP contribution in [0.25, 0.3) is 0 Å². The number of thiophene rings is 1. The Morgan fingerprint density at radius 2 is 2.38 bits per heavy atom. The third kappa shape index (κ3) is 3.83. The molecule has 2 aliphatic heterocycles. The van der Waals surface area contributed by atoms with E-state index in [0.717, 1.165) is 19.6 Å². The van der Waals surface area contributed by atoms with Gasteiger partial charge >= 0.3 is 0 Å². The summed E-state index contributed by atoms with van der Waals surface area (Å²) >= 11 is 1.77. The average Bonchev–Trinajstić information content (AvgIpc) is 3.22. The average molecular weight is 309 g/mol. The second-order valence-corrected chi connectivity index (χ2v) is 6.58. The molecule has 5 nitrogen and oxygen atoms in total. The second-order valence-electron chi connectivity index (χ2n) is 5.60. The number of morpholine rings is 1. The van der Waals surface area contributed by atoms with Crippen molar-refractivity contribution in [2.24, 2.45) is 0 Å². The Morgan fingerprint density at radius 1 is 1.52 bits per heavy atom. The van der Waals surface area contributed by atoms with Gasteiger partial charge in [0.15, 0.2) is 0 Å². The molecule has 0 spiro atoms. The summed E-state index contributed by atoms with van der Waals surface area (Å²) < 4.78 is 5.35. The van der Waals surface area contributed by atoms with E-state index in [4.69, 9.17) is 4.74 Å². The van der Waals surface area contributed by atoms with Crippen LogP contribution in [0.1, 0.15) is 23.8 Å². The summed E-state index contributed by atoms with van der Waals surface area (Å²) in [7, 11) is 0. The highest BCUT2D eigenvalue weighted by Crippen LogP contribution is 2.27. The minimum atomic E-state index is -0.207. The zero-order valence-electron chi connectivity index (χ0n) is 12.2. The number of ether oxygens (including phenoxy) is 1. The topological polar surface area (TPSA) is 53.6 Å². The molecule has 116 valence electrons. The van der Waals surface area contributed by atoms with Gasteiger partial charge in [0, 0.05) is 18.0 Å². The Balaban J connectivity index is 1.58. The van der Waals surface area contributed by atoms with Gasteiger partial charge in [0.25, 0.3) is 0 Å². The molecule has 2 aliphatic rings. The molecule has 2 fully saturated rings. The maximum atomic E-state index is 12.2. The van der Waals surface area contributed by atoms with Gasteiger partial charge in [-0.15, -0.1) is 11.3 Å². The van der Waals surface area contributed by atoms with Crippen LogP contribution in [0.2, 0.25) is 0 Å². The normalized spacial score (nSPS) is 24.9. The van der Waals surface area contributed by atoms with E-state index in [9.17, 15) is 4.79 Å². The minimum absolute atomic E-state index is 0.0513. The SMILES string of the molecule is O=C(NCC(c1cccs1)N1CCCC1)C1COCCN1. The molecule has 1 aromatic heterocycles. The van der Waals surface area contributed by atoms with Crippen LogP contribution in [0, 0.1) is 0 Å². The summed E-state index contributed by atoms with van der Waals surface area (Å²) in [6.45, 7) is 4.84. The molecule has 2 atom stereocenters. The fourth-order valence-electron chi connectivity index (χ4n) is 3.00. The van der Waals surface area contributed by atoms with Crippen molar-refractivity contribution in [1.29, 1.82) is 0 Å². The number of nitrogens with zero attached hydrogens (tertiary/aromatic N) is 1. The molecule has 1 amide bonds. The van der Waals surface area contributed by atoms with Gasteiger partial charge in [-0.3, -0.25) is 9.69 Å². The van der Waals surface area contributed by atoms with Crippen LogP contribution in [0.5, 0.6) is 0 Å². The number of carbonyl (C=O) groups excluding carboxylic acids is 1. The summed E-state index contributed by atoms with van der Waals surface area (Å²) in [5.41, 5.74) is 0. The smallest absolute Gasteiger partial charge is 0.239 e. The van der Waals surface area contributed by atoms with Crippen molar-refractivity contribution in [3.05, 3.63) is 22.4 Å². The van der Waals surface area contributed by atoms with Crippen molar-refractivity contribution in [3.8, 4) is 0 Å². The molecular weight excluding hydrogens is 286 g/mol. The van der Waals surface area contributed by atoms with Gasteiger partial charge in [0.05, 0.1) is 19.3 Å². The minimum Gasteiger partial charge on any atom is -0.378 e. The number of rotatable bonds is 5. The van der Waals surface area contributed by atoms with E-state index in [1.165, 1.54) is 17.7 Å². The van der Waals surface area contributed by atoms with Gasteiger partial charge in [-0.05, 0) is 37.4 Å². The molecule has 0 saturated carbocycles. The Hall–Kier alpha value is -0.950. The van der Waals surface area contributed by atoms with Gasteiger partial charge in [-0.25, -0.2) is 0 Å². The maximum absolute atomic E-state index is 12.2. The molecule has 2 N–H and O–H groups in total. The van der Waals surface area contributed by atoms with Gasteiger partial charge in [-0.1, -0.05) is 6.07 Å². The Kier molecular flexibility index (Phi) is 5.24. The standard InChI is InChI=1S/C15H23N3O2S/c19-15(12-11-20-8-5-16-12)17-10-13(14-4-3-9-21-14)18-6-1-2-7-18/h3-4,9,12-13,16H,1-2,5-8,10-11H2,(H,17,19). The van der Waals surface area contributed by atoms with Crippen molar-refractivity contribution < 1.29 is 9.53 Å². The fraction of sp³-hybridized carbons (Fsp3) is 0.667. The molecule has 6 heteroatoms. The van der Waals surface area contributed by atoms with Crippen molar-refractivity contribution >= 4 is 17.2 Å². The molecular formula is C15H23N3O2S. The summed E-state index contributed by atoms with van der Waals surface area (Å²) in [5.74, 6) is 0.0513. The van der Waals surface area contributed by atoms with E-state index in [2.05, 4.69) is 33.0 Å². The Bertz CT molecular complexity index is 440. The highest BCUT2D eigenvalue weighted by Gasteiger charge is 2.26. The molecule has 3 heterocycles. The quantitative estimate of drug-likeness (QED) is 0.852. The molecule has 0 radical (unpaired) electrons. The van der Waals surface area contributed by atoms with Gasteiger partial charge in [0.1, 0.15) is 6.04 Å². The summed E-state index contributed by atoms with van der Waals surface area (Å²) in [6, 6.07) is 4.35. The van der Waals surface area contributed by atoms with E-state index in [0.29, 0.717) is 25.8 Å². The monoisotopic (exact) mass is 309 g/mol. The lowest BCUT2D eigenvalue weighted by atomic mass is 10.2. The molecule has 21 heavy (non-hydrogen) atoms. The van der Waals surface area contributed by atoms with Crippen molar-refractivity contribution in [1.82, 2.24) is 15.5 Å². The number of nitrogens with one attached hydrogen (secondary N) is 2. The van der Waals surface area contributed by atoms with E-state index in [1.54, 1.807) is 11.3 Å². The van der Waals surface area contributed by atoms with E-state index in [-0.39, 0.29) is 11.9 Å². The molecule has 3 rings (SSSR count). The highest BCUT2D eigenvalue weighted by atomic mass is 32.1. The third-order valence-corrected chi connectivity index (χ3v) is 5.13. The first-order valence-electron chi connectivity index (χ1n) is 7.71. The van der Waals surface area contributed by atoms with Crippen LogP contribution in [0.4, 0.5) is 0 Å². The Morgan fingerprint density at radius 3 is 3.05 bits per heavy atom. The van der Waals surface area contributed by atoms with Crippen LogP contribution in [0.15, 0.2) is 17.5 Å². The summed E-state index contributed by atoms with van der Waals surface area (Å²) in [6.07, 6.45) is 2.52. The zero-order chi connectivity index (χ0) is 14.5. The van der Waals surface area contributed by atoms with Crippen LogP contribution >= 0.6 is 11.3 Å². The highest BCUT2D eigenvalue weighted by molar-refractivity contribution is 7.10. The van der Waals surface area contributed by atoms with Crippen LogP contribution in [-0.4, -0.2) is 56.2 Å². The van der Waals surface area contributed by atoms with Crippen molar-refractivity contribution in [2.45, 2.75) is 24.9 Å². The Labute approximate surface area is 129 Å². The molecule has 1 aromatic rings. The first kappa shape index (κ1) is 15.0. The lowest BCUT2D eigenvalue weighted by molar-refractivity contribution is -0.126. The molecule has 0 bridgehead atoms. The van der Waals surface area contributed by atoms with Crippen LogP contribution in [-0.2, 0) is 9.53 Å². The van der Waals surface area contributed by atoms with E-state index in [1.807, 2.05) is 0 Å².